The van der Waals surface area contributed by atoms with Gasteiger partial charge in [0.2, 0.25) is 0 Å². The van der Waals surface area contributed by atoms with Crippen molar-refractivity contribution in [1.29, 1.82) is 0 Å². The Morgan fingerprint density at radius 1 is 1.38 bits per heavy atom. The van der Waals surface area contributed by atoms with Gasteiger partial charge in [0.05, 0.1) is 5.69 Å². The fourth-order valence-corrected chi connectivity index (χ4v) is 1.24. The second-order valence-electron chi connectivity index (χ2n) is 2.77. The van der Waals surface area contributed by atoms with Crippen LogP contribution in [0.3, 0.4) is 0 Å². The van der Waals surface area contributed by atoms with Crippen LogP contribution in [-0.4, -0.2) is 13.2 Å². The van der Waals surface area contributed by atoms with Gasteiger partial charge in [-0.2, -0.15) is 0 Å². The lowest BCUT2D eigenvalue weighted by atomic mass is 10.2. The number of rotatable bonds is 0. The van der Waals surface area contributed by atoms with E-state index in [1.54, 1.807) is 0 Å². The Bertz CT molecular complexity index is 276. The SMILES string of the molecule is CC.Cc1ccc2c(c1)OCCN2.[HH]. The first-order valence-corrected chi connectivity index (χ1v) is 4.83. The van der Waals surface area contributed by atoms with E-state index in [0.717, 1.165) is 24.6 Å². The van der Waals surface area contributed by atoms with Crippen molar-refractivity contribution in [3.63, 3.8) is 0 Å². The van der Waals surface area contributed by atoms with Gasteiger partial charge < -0.3 is 10.1 Å². The quantitative estimate of drug-likeness (QED) is 0.664. The first-order valence-electron chi connectivity index (χ1n) is 4.83. The lowest BCUT2D eigenvalue weighted by Crippen LogP contribution is -2.17. The van der Waals surface area contributed by atoms with Crippen molar-refractivity contribution in [1.82, 2.24) is 0 Å². The van der Waals surface area contributed by atoms with E-state index in [9.17, 15) is 0 Å². The summed E-state index contributed by atoms with van der Waals surface area (Å²) in [4.78, 5) is 0. The molecule has 2 nitrogen and oxygen atoms in total. The van der Waals surface area contributed by atoms with Crippen LogP contribution in [0.25, 0.3) is 0 Å². The van der Waals surface area contributed by atoms with Crippen molar-refractivity contribution in [3.05, 3.63) is 23.8 Å². The lowest BCUT2D eigenvalue weighted by molar-refractivity contribution is 0.323. The molecule has 0 unspecified atom stereocenters. The molecule has 1 aliphatic rings. The molecule has 0 radical (unpaired) electrons. The van der Waals surface area contributed by atoms with Gasteiger partial charge >= 0.3 is 0 Å². The second kappa shape index (κ2) is 4.75. The highest BCUT2D eigenvalue weighted by Gasteiger charge is 2.07. The maximum atomic E-state index is 5.44. The minimum Gasteiger partial charge on any atom is -0.490 e. The number of hydrogen-bond donors (Lipinski definition) is 1. The Morgan fingerprint density at radius 3 is 2.92 bits per heavy atom. The van der Waals surface area contributed by atoms with Crippen molar-refractivity contribution in [2.75, 3.05) is 18.5 Å². The lowest BCUT2D eigenvalue weighted by Gasteiger charge is -2.18. The van der Waals surface area contributed by atoms with Crippen molar-refractivity contribution in [2.24, 2.45) is 0 Å². The van der Waals surface area contributed by atoms with E-state index < -0.39 is 0 Å². The van der Waals surface area contributed by atoms with Crippen LogP contribution in [0.15, 0.2) is 18.2 Å². The first kappa shape index (κ1) is 9.90. The normalized spacial score (nSPS) is 12.8. The summed E-state index contributed by atoms with van der Waals surface area (Å²) in [5.41, 5.74) is 2.36. The molecule has 1 aromatic carbocycles. The molecule has 0 spiro atoms. The maximum Gasteiger partial charge on any atom is 0.142 e. The maximum absolute atomic E-state index is 5.44. The van der Waals surface area contributed by atoms with E-state index in [1.807, 2.05) is 13.8 Å². The molecule has 1 aromatic rings. The Hall–Kier alpha value is -1.18. The number of hydrogen-bond acceptors (Lipinski definition) is 2. The number of anilines is 1. The molecule has 0 aromatic heterocycles. The predicted octanol–water partition coefficient (Wildman–Crippen LogP) is 3.07. The molecule has 0 fully saturated rings. The van der Waals surface area contributed by atoms with E-state index in [-0.39, 0.29) is 1.43 Å². The fourth-order valence-electron chi connectivity index (χ4n) is 1.24. The number of ether oxygens (including phenoxy) is 1. The van der Waals surface area contributed by atoms with Crippen LogP contribution in [-0.2, 0) is 0 Å². The van der Waals surface area contributed by atoms with E-state index in [2.05, 4.69) is 30.4 Å². The summed E-state index contributed by atoms with van der Waals surface area (Å²) in [6.45, 7) is 7.75. The van der Waals surface area contributed by atoms with Gasteiger partial charge in [-0.25, -0.2) is 0 Å². The van der Waals surface area contributed by atoms with Crippen LogP contribution in [0.5, 0.6) is 5.75 Å². The van der Waals surface area contributed by atoms with Crippen LogP contribution >= 0.6 is 0 Å². The molecule has 0 saturated heterocycles. The van der Waals surface area contributed by atoms with Gasteiger partial charge in [0.25, 0.3) is 0 Å². The van der Waals surface area contributed by atoms with Gasteiger partial charge in [0.1, 0.15) is 12.4 Å². The highest BCUT2D eigenvalue weighted by Crippen LogP contribution is 2.27. The molecule has 74 valence electrons. The smallest absolute Gasteiger partial charge is 0.142 e. The molecule has 0 amide bonds. The van der Waals surface area contributed by atoms with Crippen LogP contribution < -0.4 is 10.1 Å². The average molecular weight is 181 g/mol. The summed E-state index contributed by atoms with van der Waals surface area (Å²) in [5.74, 6) is 0.983. The average Bonchev–Trinajstić information content (AvgIpc) is 2.21. The minimum atomic E-state index is 0. The van der Waals surface area contributed by atoms with Gasteiger partial charge in [0.15, 0.2) is 0 Å². The van der Waals surface area contributed by atoms with Gasteiger partial charge in [0, 0.05) is 7.97 Å². The molecule has 13 heavy (non-hydrogen) atoms. The fraction of sp³-hybridized carbons (Fsp3) is 0.455. The molecule has 2 rings (SSSR count). The van der Waals surface area contributed by atoms with Gasteiger partial charge in [-0.1, -0.05) is 19.9 Å². The number of aryl methyl sites for hydroxylation is 1. The molecule has 1 heterocycles. The third-order valence-electron chi connectivity index (χ3n) is 1.81. The third kappa shape index (κ3) is 2.38. The summed E-state index contributed by atoms with van der Waals surface area (Å²) < 4.78 is 5.44. The van der Waals surface area contributed by atoms with Crippen LogP contribution in [0.1, 0.15) is 20.8 Å². The topological polar surface area (TPSA) is 21.3 Å². The third-order valence-corrected chi connectivity index (χ3v) is 1.81. The largest absolute Gasteiger partial charge is 0.490 e. The molecule has 1 N–H and O–H groups in total. The van der Waals surface area contributed by atoms with E-state index in [1.165, 1.54) is 5.56 Å². The number of fused-ring (bicyclic) bond motifs is 1. The zero-order valence-electron chi connectivity index (χ0n) is 8.55. The number of benzene rings is 1. The second-order valence-corrected chi connectivity index (χ2v) is 2.77. The number of nitrogens with one attached hydrogen (secondary N) is 1. The Kier molecular flexibility index (Phi) is 3.62. The van der Waals surface area contributed by atoms with Crippen molar-refractivity contribution in [2.45, 2.75) is 20.8 Å². The van der Waals surface area contributed by atoms with Gasteiger partial charge in [-0.3, -0.25) is 0 Å². The Balaban J connectivity index is 0.000000531. The molecule has 0 atom stereocenters. The van der Waals surface area contributed by atoms with Crippen LogP contribution in [0.4, 0.5) is 5.69 Å². The van der Waals surface area contributed by atoms with E-state index >= 15 is 0 Å². The van der Waals surface area contributed by atoms with E-state index in [0.29, 0.717) is 0 Å². The van der Waals surface area contributed by atoms with Crippen molar-refractivity contribution < 1.29 is 6.16 Å². The summed E-state index contributed by atoms with van der Waals surface area (Å²) in [6.07, 6.45) is 0. The molecule has 1 aliphatic heterocycles. The zero-order chi connectivity index (χ0) is 9.68. The summed E-state index contributed by atoms with van der Waals surface area (Å²) >= 11 is 0. The predicted molar refractivity (Wildman–Crippen MR) is 58.6 cm³/mol. The minimum absolute atomic E-state index is 0. The zero-order valence-corrected chi connectivity index (χ0v) is 8.55. The Labute approximate surface area is 81.4 Å². The monoisotopic (exact) mass is 181 g/mol. The van der Waals surface area contributed by atoms with Gasteiger partial charge in [-0.15, -0.1) is 0 Å². The highest BCUT2D eigenvalue weighted by atomic mass is 16.5. The molecule has 0 bridgehead atoms. The van der Waals surface area contributed by atoms with Crippen LogP contribution in [0, 0.1) is 6.92 Å². The summed E-state index contributed by atoms with van der Waals surface area (Å²) in [5, 5.41) is 3.26. The van der Waals surface area contributed by atoms with Crippen molar-refractivity contribution in [3.8, 4) is 5.75 Å². The van der Waals surface area contributed by atoms with Gasteiger partial charge in [-0.05, 0) is 24.6 Å². The Morgan fingerprint density at radius 2 is 2.15 bits per heavy atom. The molecule has 2 heteroatoms. The van der Waals surface area contributed by atoms with Crippen LogP contribution in [0.2, 0.25) is 0 Å². The summed E-state index contributed by atoms with van der Waals surface area (Å²) in [6, 6.07) is 6.20. The molecule has 0 saturated carbocycles. The highest BCUT2D eigenvalue weighted by molar-refractivity contribution is 5.58. The summed E-state index contributed by atoms with van der Waals surface area (Å²) in [7, 11) is 0. The molecular weight excluding hydrogens is 162 g/mol. The van der Waals surface area contributed by atoms with Crippen molar-refractivity contribution >= 4 is 5.69 Å². The molecular formula is C11H19NO. The molecule has 0 aliphatic carbocycles. The van der Waals surface area contributed by atoms with E-state index in [4.69, 9.17) is 4.74 Å². The standard InChI is InChI=1S/C9H11NO.C2H6.H2/c1-7-2-3-8-9(6-7)11-5-4-10-8;1-2;/h2-3,6,10H,4-5H2,1H3;1-2H3;1H. The first-order chi connectivity index (χ1) is 6.36.